The van der Waals surface area contributed by atoms with Crippen molar-refractivity contribution in [1.29, 1.82) is 0 Å². The lowest BCUT2D eigenvalue weighted by molar-refractivity contribution is -0.154. The number of amidine groups is 1. The second-order valence-corrected chi connectivity index (χ2v) is 10.2. The average Bonchev–Trinajstić information content (AvgIpc) is 3.50. The van der Waals surface area contributed by atoms with Gasteiger partial charge in [-0.3, -0.25) is 9.79 Å². The summed E-state index contributed by atoms with van der Waals surface area (Å²) in [5.41, 5.74) is 4.38. The van der Waals surface area contributed by atoms with Crippen molar-refractivity contribution in [3.8, 4) is 5.88 Å². The lowest BCUT2D eigenvalue weighted by Gasteiger charge is -2.33. The van der Waals surface area contributed by atoms with E-state index in [9.17, 15) is 31.1 Å². The van der Waals surface area contributed by atoms with Gasteiger partial charge in [-0.1, -0.05) is 11.8 Å². The summed E-state index contributed by atoms with van der Waals surface area (Å²) in [6, 6.07) is 2.16. The van der Waals surface area contributed by atoms with Crippen LogP contribution in [0.3, 0.4) is 0 Å². The van der Waals surface area contributed by atoms with E-state index in [-0.39, 0.29) is 27.7 Å². The van der Waals surface area contributed by atoms with Crippen LogP contribution < -0.4 is 10.5 Å². The van der Waals surface area contributed by atoms with E-state index < -0.39 is 65.4 Å². The van der Waals surface area contributed by atoms with Crippen molar-refractivity contribution in [2.45, 2.75) is 43.2 Å². The first-order valence-electron chi connectivity index (χ1n) is 10.4. The Morgan fingerprint density at radius 3 is 2.66 bits per heavy atom. The SMILES string of the molecule is Cc1nc(OCC(F)(F)F)cnc1C(=O)Cc1cc(F)c(F)c([C@@]2(C)N=C(N)S[C@@]3(CF)C[C@H]32)c1. The quantitative estimate of drug-likeness (QED) is 0.431. The molecule has 0 unspecified atom stereocenters. The minimum absolute atomic E-state index is 0.0110. The molecular weight excluding hydrogens is 498 g/mol. The van der Waals surface area contributed by atoms with Crippen LogP contribution >= 0.6 is 11.8 Å². The van der Waals surface area contributed by atoms with E-state index in [4.69, 9.17) is 5.73 Å². The Morgan fingerprint density at radius 2 is 2.03 bits per heavy atom. The van der Waals surface area contributed by atoms with Gasteiger partial charge in [-0.2, -0.15) is 13.2 Å². The maximum Gasteiger partial charge on any atom is 0.422 e. The van der Waals surface area contributed by atoms with E-state index in [1.165, 1.54) is 13.0 Å². The molecule has 0 spiro atoms. The highest BCUT2D eigenvalue weighted by Crippen LogP contribution is 2.66. The van der Waals surface area contributed by atoms with Gasteiger partial charge in [0.05, 0.1) is 22.2 Å². The summed E-state index contributed by atoms with van der Waals surface area (Å²) in [6.07, 6.45) is -3.70. The molecule has 1 aliphatic heterocycles. The zero-order chi connectivity index (χ0) is 25.8. The number of nitrogens with zero attached hydrogens (tertiary/aromatic N) is 3. The number of ketones is 1. The molecular formula is C22H20F6N4O2S. The Balaban J connectivity index is 1.60. The highest BCUT2D eigenvalue weighted by atomic mass is 32.2. The Labute approximate surface area is 200 Å². The number of aromatic nitrogens is 2. The van der Waals surface area contributed by atoms with Gasteiger partial charge in [-0.15, -0.1) is 0 Å². The molecule has 0 amide bonds. The number of Topliss-reactive ketones (excluding diaryl/α,β-unsaturated/α-hetero) is 1. The third kappa shape index (κ3) is 4.82. The Hall–Kier alpha value is -2.83. The highest BCUT2D eigenvalue weighted by molar-refractivity contribution is 8.15. The molecule has 2 N–H and O–H groups in total. The number of fused-ring (bicyclic) bond motifs is 1. The molecule has 3 atom stereocenters. The minimum Gasteiger partial charge on any atom is -0.467 e. The fraction of sp³-hybridized carbons (Fsp3) is 0.455. The number of nitrogens with two attached hydrogens (primary N) is 1. The number of benzene rings is 1. The summed E-state index contributed by atoms with van der Waals surface area (Å²) in [5, 5.41) is 0.0684. The predicted octanol–water partition coefficient (Wildman–Crippen LogP) is 4.43. The summed E-state index contributed by atoms with van der Waals surface area (Å²) in [6.45, 7) is 0.650. The second-order valence-electron chi connectivity index (χ2n) is 8.74. The standard InChI is InChI=1S/C22H20F6N4O2S/c1-10-18(30-7-16(31-10)34-9-22(26,27)28)14(33)5-11-3-12(17(25)13(24)4-11)20(2)15-6-21(15,8-23)35-19(29)32-20/h3-4,7,15H,5-6,8-9H2,1-2H3,(H2,29,32)/t15-,20+,21+/m0/s1. The minimum atomic E-state index is -4.57. The number of ether oxygens (including phenoxy) is 1. The molecule has 188 valence electrons. The van der Waals surface area contributed by atoms with Crippen LogP contribution in [0.2, 0.25) is 0 Å². The molecule has 6 nitrogen and oxygen atoms in total. The van der Waals surface area contributed by atoms with Gasteiger partial charge in [-0.05, 0) is 38.0 Å². The van der Waals surface area contributed by atoms with Crippen LogP contribution in [0.5, 0.6) is 5.88 Å². The number of alkyl halides is 4. The molecule has 1 saturated carbocycles. The smallest absolute Gasteiger partial charge is 0.422 e. The van der Waals surface area contributed by atoms with Crippen molar-refractivity contribution in [1.82, 2.24) is 9.97 Å². The molecule has 0 saturated heterocycles. The van der Waals surface area contributed by atoms with Gasteiger partial charge in [0.25, 0.3) is 0 Å². The molecule has 0 radical (unpaired) electrons. The van der Waals surface area contributed by atoms with Crippen LogP contribution in [0, 0.1) is 24.5 Å². The van der Waals surface area contributed by atoms with Crippen molar-refractivity contribution < 1.29 is 35.9 Å². The molecule has 2 aliphatic rings. The van der Waals surface area contributed by atoms with E-state index >= 15 is 0 Å². The van der Waals surface area contributed by atoms with Crippen molar-refractivity contribution in [2.75, 3.05) is 13.3 Å². The summed E-state index contributed by atoms with van der Waals surface area (Å²) in [7, 11) is 0. The highest BCUT2D eigenvalue weighted by Gasteiger charge is 2.66. The van der Waals surface area contributed by atoms with Crippen molar-refractivity contribution in [2.24, 2.45) is 16.6 Å². The second kappa shape index (κ2) is 8.68. The predicted molar refractivity (Wildman–Crippen MR) is 116 cm³/mol. The average molecular weight is 518 g/mol. The third-order valence-electron chi connectivity index (χ3n) is 6.15. The number of thioether (sulfide) groups is 1. The molecule has 35 heavy (non-hydrogen) atoms. The van der Waals surface area contributed by atoms with E-state index in [2.05, 4.69) is 19.7 Å². The molecule has 1 aromatic heterocycles. The number of aliphatic imine (C=N–C) groups is 1. The first-order valence-corrected chi connectivity index (χ1v) is 11.2. The number of hydrogen-bond acceptors (Lipinski definition) is 7. The van der Waals surface area contributed by atoms with Gasteiger partial charge >= 0.3 is 6.18 Å². The number of aryl methyl sites for hydroxylation is 1. The van der Waals surface area contributed by atoms with E-state index in [0.29, 0.717) is 6.42 Å². The van der Waals surface area contributed by atoms with E-state index in [1.807, 2.05) is 0 Å². The van der Waals surface area contributed by atoms with E-state index in [0.717, 1.165) is 24.0 Å². The van der Waals surface area contributed by atoms with E-state index in [1.54, 1.807) is 6.92 Å². The van der Waals surface area contributed by atoms with Gasteiger partial charge in [0.2, 0.25) is 5.88 Å². The fourth-order valence-electron chi connectivity index (χ4n) is 4.42. The molecule has 2 heterocycles. The molecule has 1 aromatic carbocycles. The molecule has 13 heteroatoms. The van der Waals surface area contributed by atoms with Crippen LogP contribution in [0.15, 0.2) is 23.3 Å². The summed E-state index contributed by atoms with van der Waals surface area (Å²) < 4.78 is 83.8. The zero-order valence-corrected chi connectivity index (χ0v) is 19.4. The summed E-state index contributed by atoms with van der Waals surface area (Å²) >= 11 is 1.08. The van der Waals surface area contributed by atoms with Crippen LogP contribution in [0.4, 0.5) is 26.3 Å². The van der Waals surface area contributed by atoms with Gasteiger partial charge in [0.1, 0.15) is 12.4 Å². The monoisotopic (exact) mass is 518 g/mol. The van der Waals surface area contributed by atoms with Crippen molar-refractivity contribution in [3.63, 3.8) is 0 Å². The van der Waals surface area contributed by atoms with Crippen LogP contribution in [-0.2, 0) is 12.0 Å². The van der Waals surface area contributed by atoms with Gasteiger partial charge in [0.15, 0.2) is 29.2 Å². The first-order chi connectivity index (χ1) is 16.3. The van der Waals surface area contributed by atoms with Crippen LogP contribution in [-0.4, -0.2) is 45.1 Å². The fourth-order valence-corrected chi connectivity index (χ4v) is 5.74. The van der Waals surface area contributed by atoms with Gasteiger partial charge in [-0.25, -0.2) is 23.1 Å². The van der Waals surface area contributed by atoms with Gasteiger partial charge in [0, 0.05) is 17.9 Å². The normalized spacial score (nSPS) is 25.6. The Morgan fingerprint density at radius 1 is 1.31 bits per heavy atom. The molecule has 0 bridgehead atoms. The maximum atomic E-state index is 14.9. The van der Waals surface area contributed by atoms with Crippen LogP contribution in [0.25, 0.3) is 0 Å². The Kier molecular flexibility index (Phi) is 6.27. The molecule has 2 aromatic rings. The number of carbonyl (C=O) groups is 1. The summed E-state index contributed by atoms with van der Waals surface area (Å²) in [5.74, 6) is -3.80. The maximum absolute atomic E-state index is 14.9. The number of halogens is 6. The number of carbonyl (C=O) groups excluding carboxylic acids is 1. The van der Waals surface area contributed by atoms with Crippen molar-refractivity contribution in [3.05, 3.63) is 52.5 Å². The lowest BCUT2D eigenvalue weighted by Crippen LogP contribution is -2.37. The largest absolute Gasteiger partial charge is 0.467 e. The Bertz CT molecular complexity index is 1220. The van der Waals surface area contributed by atoms with Gasteiger partial charge < -0.3 is 10.5 Å². The lowest BCUT2D eigenvalue weighted by atomic mass is 9.84. The molecule has 4 rings (SSSR count). The zero-order valence-electron chi connectivity index (χ0n) is 18.5. The first kappa shape index (κ1) is 25.3. The van der Waals surface area contributed by atoms with Crippen molar-refractivity contribution >= 4 is 22.7 Å². The van der Waals surface area contributed by atoms with Crippen LogP contribution in [0.1, 0.15) is 40.7 Å². The third-order valence-corrected chi connectivity index (χ3v) is 7.42. The summed E-state index contributed by atoms with van der Waals surface area (Å²) in [4.78, 5) is 24.8. The topological polar surface area (TPSA) is 90.5 Å². The number of hydrogen-bond donors (Lipinski definition) is 1. The molecule has 1 fully saturated rings. The molecule has 1 aliphatic carbocycles. The number of rotatable bonds is 7.